The lowest BCUT2D eigenvalue weighted by molar-refractivity contribution is 0.0934. The van der Waals surface area contributed by atoms with E-state index >= 15 is 0 Å². The fraction of sp³-hybridized carbons (Fsp3) is 0.261. The van der Waals surface area contributed by atoms with Crippen LogP contribution in [0.4, 0.5) is 0 Å². The molecule has 0 aliphatic carbocycles. The van der Waals surface area contributed by atoms with E-state index in [0.29, 0.717) is 21.5 Å². The second kappa shape index (κ2) is 11.8. The Hall–Kier alpha value is -4.11. The zero-order valence-corrected chi connectivity index (χ0v) is 20.8. The van der Waals surface area contributed by atoms with Crippen LogP contribution in [0.1, 0.15) is 32.5 Å². The van der Waals surface area contributed by atoms with E-state index in [9.17, 15) is 14.9 Å². The average molecular weight is 543 g/mol. The summed E-state index contributed by atoms with van der Waals surface area (Å²) in [6.45, 7) is 0.464. The molecule has 0 fully saturated rings. The van der Waals surface area contributed by atoms with Gasteiger partial charge >= 0.3 is 0 Å². The first-order chi connectivity index (χ1) is 16.9. The Labute approximate surface area is 210 Å². The van der Waals surface area contributed by atoms with Gasteiger partial charge in [-0.3, -0.25) is 9.59 Å². The van der Waals surface area contributed by atoms with Crippen LogP contribution in [0.5, 0.6) is 17.2 Å². The maximum absolute atomic E-state index is 12.7. The summed E-state index contributed by atoms with van der Waals surface area (Å²) in [5, 5.41) is 22.6. The molecule has 2 amide bonds. The fourth-order valence-electron chi connectivity index (χ4n) is 3.26. The molecule has 1 unspecified atom stereocenters. The average Bonchev–Trinajstić information content (AvgIpc) is 3.35. The molecule has 0 radical (unpaired) electrons. The van der Waals surface area contributed by atoms with Crippen molar-refractivity contribution in [1.29, 1.82) is 5.26 Å². The molecule has 1 aromatic heterocycles. The summed E-state index contributed by atoms with van der Waals surface area (Å²) in [7, 11) is 4.38. The van der Waals surface area contributed by atoms with E-state index in [-0.39, 0.29) is 36.0 Å². The number of nitriles is 1. The van der Waals surface area contributed by atoms with Crippen molar-refractivity contribution in [2.45, 2.75) is 12.6 Å². The highest BCUT2D eigenvalue weighted by molar-refractivity contribution is 9.10. The molecule has 0 saturated heterocycles. The molecule has 0 bridgehead atoms. The summed E-state index contributed by atoms with van der Waals surface area (Å²) >= 11 is 3.38. The van der Waals surface area contributed by atoms with Crippen LogP contribution in [0.15, 0.2) is 47.1 Å². The van der Waals surface area contributed by atoms with E-state index in [1.54, 1.807) is 30.3 Å². The largest absolute Gasteiger partial charge is 0.493 e. The number of ether oxygens (including phenoxy) is 3. The molecule has 35 heavy (non-hydrogen) atoms. The van der Waals surface area contributed by atoms with Gasteiger partial charge in [0.25, 0.3) is 11.8 Å². The number of hydrogen-bond acceptors (Lipinski definition) is 8. The fourth-order valence-corrected chi connectivity index (χ4v) is 3.78. The molecule has 11 nitrogen and oxygen atoms in total. The molecule has 2 aromatic carbocycles. The van der Waals surface area contributed by atoms with Crippen LogP contribution in [-0.2, 0) is 6.54 Å². The van der Waals surface area contributed by atoms with Gasteiger partial charge in [0.05, 0.1) is 45.7 Å². The quantitative estimate of drug-likeness (QED) is 0.398. The molecule has 1 heterocycles. The minimum Gasteiger partial charge on any atom is -0.493 e. The van der Waals surface area contributed by atoms with Crippen LogP contribution in [-0.4, -0.2) is 54.7 Å². The van der Waals surface area contributed by atoms with Gasteiger partial charge < -0.3 is 24.8 Å². The molecule has 1 atom stereocenters. The van der Waals surface area contributed by atoms with E-state index in [1.165, 1.54) is 32.2 Å². The summed E-state index contributed by atoms with van der Waals surface area (Å²) in [5.74, 6) is 0.0744. The van der Waals surface area contributed by atoms with Crippen molar-refractivity contribution in [3.8, 4) is 23.3 Å². The third-order valence-corrected chi connectivity index (χ3v) is 5.69. The van der Waals surface area contributed by atoms with Gasteiger partial charge in [0.1, 0.15) is 6.04 Å². The van der Waals surface area contributed by atoms with E-state index in [2.05, 4.69) is 42.9 Å². The van der Waals surface area contributed by atoms with Gasteiger partial charge in [-0.1, -0.05) is 39.3 Å². The number of aromatic nitrogens is 3. The zero-order valence-electron chi connectivity index (χ0n) is 19.2. The second-order valence-electron chi connectivity index (χ2n) is 7.06. The molecule has 2 N–H and O–H groups in total. The number of carbonyl (C=O) groups excluding carboxylic acids is 2. The molecule has 0 spiro atoms. The zero-order chi connectivity index (χ0) is 25.4. The van der Waals surface area contributed by atoms with Gasteiger partial charge in [-0.05, 0) is 18.2 Å². The second-order valence-corrected chi connectivity index (χ2v) is 7.92. The van der Waals surface area contributed by atoms with E-state index in [0.717, 1.165) is 0 Å². The van der Waals surface area contributed by atoms with Crippen molar-refractivity contribution in [2.75, 3.05) is 27.9 Å². The Balaban J connectivity index is 1.60. The lowest BCUT2D eigenvalue weighted by Gasteiger charge is -2.15. The first-order valence-electron chi connectivity index (χ1n) is 10.4. The first kappa shape index (κ1) is 25.5. The lowest BCUT2D eigenvalue weighted by atomic mass is 10.1. The van der Waals surface area contributed by atoms with Crippen molar-refractivity contribution in [3.05, 3.63) is 63.9 Å². The highest BCUT2D eigenvalue weighted by Gasteiger charge is 2.21. The summed E-state index contributed by atoms with van der Waals surface area (Å²) < 4.78 is 18.0. The molecule has 182 valence electrons. The predicted octanol–water partition coefficient (Wildman–Crippen LogP) is 2.49. The number of rotatable bonds is 10. The minimum atomic E-state index is -0.862. The van der Waals surface area contributed by atoms with E-state index in [4.69, 9.17) is 14.2 Å². The highest BCUT2D eigenvalue weighted by atomic mass is 79.9. The predicted molar refractivity (Wildman–Crippen MR) is 128 cm³/mol. The number of nitrogens with one attached hydrogen (secondary N) is 2. The van der Waals surface area contributed by atoms with Crippen LogP contribution in [0, 0.1) is 11.3 Å². The lowest BCUT2D eigenvalue weighted by Crippen LogP contribution is -2.28. The molecular formula is C23H23BrN6O5. The monoisotopic (exact) mass is 542 g/mol. The Morgan fingerprint density at radius 2 is 1.83 bits per heavy atom. The SMILES string of the molecule is COc1ccc(C(=O)NCCn2cc(C(=O)NC(C#N)c3ccccc3Br)nn2)c(OC)c1OC. The molecule has 0 aliphatic rings. The number of benzene rings is 2. The van der Waals surface area contributed by atoms with Crippen molar-refractivity contribution in [1.82, 2.24) is 25.6 Å². The molecule has 12 heteroatoms. The number of nitrogens with zero attached hydrogens (tertiary/aromatic N) is 4. The Bertz CT molecular complexity index is 1260. The van der Waals surface area contributed by atoms with Gasteiger partial charge in [0, 0.05) is 16.6 Å². The highest BCUT2D eigenvalue weighted by Crippen LogP contribution is 2.39. The maximum Gasteiger partial charge on any atom is 0.274 e. The number of carbonyl (C=O) groups is 2. The van der Waals surface area contributed by atoms with Crippen molar-refractivity contribution < 1.29 is 23.8 Å². The van der Waals surface area contributed by atoms with Crippen LogP contribution in [0.2, 0.25) is 0 Å². The summed E-state index contributed by atoms with van der Waals surface area (Å²) in [6.07, 6.45) is 1.44. The normalized spacial score (nSPS) is 11.2. The summed E-state index contributed by atoms with van der Waals surface area (Å²) in [6, 6.07) is 11.5. The molecular weight excluding hydrogens is 520 g/mol. The number of methoxy groups -OCH3 is 3. The van der Waals surface area contributed by atoms with Crippen molar-refractivity contribution in [3.63, 3.8) is 0 Å². The minimum absolute atomic E-state index is 0.0465. The first-order valence-corrected chi connectivity index (χ1v) is 11.1. The summed E-state index contributed by atoms with van der Waals surface area (Å²) in [4.78, 5) is 25.2. The van der Waals surface area contributed by atoms with Gasteiger partial charge in [0.2, 0.25) is 5.75 Å². The molecule has 0 aliphatic heterocycles. The third-order valence-electron chi connectivity index (χ3n) is 4.97. The number of amides is 2. The topological polar surface area (TPSA) is 140 Å². The van der Waals surface area contributed by atoms with Crippen LogP contribution in [0.3, 0.4) is 0 Å². The van der Waals surface area contributed by atoms with Crippen molar-refractivity contribution in [2.24, 2.45) is 0 Å². The Morgan fingerprint density at radius 3 is 2.49 bits per heavy atom. The molecule has 0 saturated carbocycles. The van der Waals surface area contributed by atoms with Crippen LogP contribution >= 0.6 is 15.9 Å². The van der Waals surface area contributed by atoms with Gasteiger partial charge in [-0.25, -0.2) is 4.68 Å². The van der Waals surface area contributed by atoms with Gasteiger partial charge in [-0.15, -0.1) is 5.10 Å². The van der Waals surface area contributed by atoms with Crippen LogP contribution < -0.4 is 24.8 Å². The van der Waals surface area contributed by atoms with Gasteiger partial charge in [0.15, 0.2) is 17.2 Å². The standard InChI is InChI=1S/C23H23BrN6O5/c1-33-19-9-8-15(20(34-2)21(19)35-3)22(31)26-10-11-30-13-18(28-29-30)23(32)27-17(12-25)14-6-4-5-7-16(14)24/h4-9,13,17H,10-11H2,1-3H3,(H,26,31)(H,27,32). The van der Waals surface area contributed by atoms with Gasteiger partial charge in [-0.2, -0.15) is 5.26 Å². The molecule has 3 aromatic rings. The number of halogens is 1. The Kier molecular flexibility index (Phi) is 8.63. The van der Waals surface area contributed by atoms with Crippen molar-refractivity contribution >= 4 is 27.7 Å². The third kappa shape index (κ3) is 5.88. The van der Waals surface area contributed by atoms with E-state index < -0.39 is 11.9 Å². The number of hydrogen-bond donors (Lipinski definition) is 2. The van der Waals surface area contributed by atoms with Crippen LogP contribution in [0.25, 0.3) is 0 Å². The maximum atomic E-state index is 12.7. The van der Waals surface area contributed by atoms with E-state index in [1.807, 2.05) is 6.07 Å². The smallest absolute Gasteiger partial charge is 0.274 e. The molecule has 3 rings (SSSR count). The summed E-state index contributed by atoms with van der Waals surface area (Å²) in [5.41, 5.74) is 0.952. The Morgan fingerprint density at radius 1 is 1.09 bits per heavy atom.